The normalized spacial score (nSPS) is 28.5. The third kappa shape index (κ3) is 1.83. The molecule has 1 aromatic rings. The maximum absolute atomic E-state index is 13.6. The summed E-state index contributed by atoms with van der Waals surface area (Å²) in [5.74, 6) is -0.784. The molecule has 2 aliphatic rings. The molecule has 2 unspecified atom stereocenters. The highest BCUT2D eigenvalue weighted by Gasteiger charge is 2.48. The minimum absolute atomic E-state index is 0.155. The Bertz CT molecular complexity index is 554. The fraction of sp³-hybridized carbons (Fsp3) is 0.417. The van der Waals surface area contributed by atoms with E-state index in [-0.39, 0.29) is 12.1 Å². The third-order valence-electron chi connectivity index (χ3n) is 3.51. The Morgan fingerprint density at radius 2 is 2.37 bits per heavy atom. The molecule has 2 aliphatic heterocycles. The summed E-state index contributed by atoms with van der Waals surface area (Å²) < 4.78 is 19.3. The molecule has 0 aromatic heterocycles. The number of phenols is 1. The summed E-state index contributed by atoms with van der Waals surface area (Å²) in [4.78, 5) is 11.5. The van der Waals surface area contributed by atoms with Gasteiger partial charge in [0.05, 0.1) is 11.1 Å². The molecule has 2 amide bonds. The molecule has 0 aliphatic carbocycles. The summed E-state index contributed by atoms with van der Waals surface area (Å²) in [5, 5.41) is 16.0. The molecule has 1 saturated heterocycles. The Kier molecular flexibility index (Phi) is 2.81. The van der Waals surface area contributed by atoms with Crippen molar-refractivity contribution in [3.8, 4) is 11.5 Å². The summed E-state index contributed by atoms with van der Waals surface area (Å²) in [6, 6.07) is 2.30. The topological polar surface area (TPSA) is 70.6 Å². The van der Waals surface area contributed by atoms with Gasteiger partial charge in [0.15, 0.2) is 11.6 Å². The van der Waals surface area contributed by atoms with E-state index in [0.29, 0.717) is 29.6 Å². The van der Waals surface area contributed by atoms with Gasteiger partial charge in [-0.05, 0) is 12.1 Å². The number of hydrogen-bond donors (Lipinski definition) is 3. The van der Waals surface area contributed by atoms with Gasteiger partial charge in [0.25, 0.3) is 0 Å². The predicted molar refractivity (Wildman–Crippen MR) is 69.1 cm³/mol. The van der Waals surface area contributed by atoms with Crippen molar-refractivity contribution in [3.63, 3.8) is 0 Å². The second-order valence-corrected chi connectivity index (χ2v) is 5.40. The van der Waals surface area contributed by atoms with Gasteiger partial charge in [-0.15, -0.1) is 0 Å². The SMILES string of the molecule is O=C1NCC2(CC(CBr)Oc3ccc(F)c(O)c32)N1. The molecule has 1 aromatic carbocycles. The van der Waals surface area contributed by atoms with Crippen molar-refractivity contribution in [1.82, 2.24) is 10.6 Å². The van der Waals surface area contributed by atoms with E-state index in [1.165, 1.54) is 6.07 Å². The van der Waals surface area contributed by atoms with E-state index >= 15 is 0 Å². The van der Waals surface area contributed by atoms with Gasteiger partial charge >= 0.3 is 6.03 Å². The summed E-state index contributed by atoms with van der Waals surface area (Å²) >= 11 is 3.35. The molecule has 1 fully saturated rings. The Hall–Kier alpha value is -1.50. The first-order valence-corrected chi connectivity index (χ1v) is 6.98. The number of urea groups is 1. The zero-order valence-corrected chi connectivity index (χ0v) is 11.5. The predicted octanol–water partition coefficient (Wildman–Crippen LogP) is 1.59. The number of aromatic hydroxyl groups is 1. The molecule has 5 nitrogen and oxygen atoms in total. The number of carbonyl (C=O) groups excluding carboxylic acids is 1. The van der Waals surface area contributed by atoms with Gasteiger partial charge in [0.2, 0.25) is 0 Å². The monoisotopic (exact) mass is 330 g/mol. The molecule has 1 spiro atoms. The molecule has 2 heterocycles. The van der Waals surface area contributed by atoms with E-state index in [1.54, 1.807) is 0 Å². The van der Waals surface area contributed by atoms with Crippen molar-refractivity contribution in [2.75, 3.05) is 11.9 Å². The minimum Gasteiger partial charge on any atom is -0.504 e. The number of hydrogen-bond acceptors (Lipinski definition) is 3. The highest BCUT2D eigenvalue weighted by molar-refractivity contribution is 9.09. The summed E-state index contributed by atoms with van der Waals surface area (Å²) in [6.07, 6.45) is 0.304. The van der Waals surface area contributed by atoms with Crippen molar-refractivity contribution in [3.05, 3.63) is 23.5 Å². The number of fused-ring (bicyclic) bond motifs is 2. The van der Waals surface area contributed by atoms with E-state index in [2.05, 4.69) is 26.6 Å². The number of carbonyl (C=O) groups is 1. The molecule has 3 rings (SSSR count). The van der Waals surface area contributed by atoms with Gasteiger partial charge in [-0.3, -0.25) is 0 Å². The molecule has 19 heavy (non-hydrogen) atoms. The molecule has 3 N–H and O–H groups in total. The number of amides is 2. The Labute approximate surface area is 117 Å². The number of nitrogens with one attached hydrogen (secondary N) is 2. The number of phenolic OH excluding ortho intramolecular Hbond substituents is 1. The Morgan fingerprint density at radius 1 is 1.58 bits per heavy atom. The van der Waals surface area contributed by atoms with Gasteiger partial charge in [-0.25, -0.2) is 9.18 Å². The fourth-order valence-corrected chi connectivity index (χ4v) is 3.08. The first-order valence-electron chi connectivity index (χ1n) is 5.86. The largest absolute Gasteiger partial charge is 0.504 e. The molecule has 0 bridgehead atoms. The van der Waals surface area contributed by atoms with E-state index in [9.17, 15) is 14.3 Å². The van der Waals surface area contributed by atoms with Crippen LogP contribution in [0.4, 0.5) is 9.18 Å². The van der Waals surface area contributed by atoms with Crippen molar-refractivity contribution < 1.29 is 19.0 Å². The van der Waals surface area contributed by atoms with Crippen LogP contribution in [0.15, 0.2) is 12.1 Å². The van der Waals surface area contributed by atoms with Crippen molar-refractivity contribution in [2.24, 2.45) is 0 Å². The number of benzene rings is 1. The van der Waals surface area contributed by atoms with E-state index < -0.39 is 17.1 Å². The molecule has 7 heteroatoms. The highest BCUT2D eigenvalue weighted by Crippen LogP contribution is 2.46. The van der Waals surface area contributed by atoms with Gasteiger partial charge in [0.1, 0.15) is 11.9 Å². The number of rotatable bonds is 1. The zero-order valence-electron chi connectivity index (χ0n) is 9.87. The third-order valence-corrected chi connectivity index (χ3v) is 4.24. The van der Waals surface area contributed by atoms with Crippen molar-refractivity contribution in [2.45, 2.75) is 18.1 Å². The second kappa shape index (κ2) is 4.26. The molecular weight excluding hydrogens is 319 g/mol. The van der Waals surface area contributed by atoms with Crippen LogP contribution in [0.2, 0.25) is 0 Å². The maximum Gasteiger partial charge on any atom is 0.315 e. The number of halogens is 2. The van der Waals surface area contributed by atoms with Gasteiger partial charge in [-0.2, -0.15) is 0 Å². The summed E-state index contributed by atoms with van der Waals surface area (Å²) in [7, 11) is 0. The summed E-state index contributed by atoms with van der Waals surface area (Å²) in [5.41, 5.74) is -0.516. The molecule has 102 valence electrons. The first-order chi connectivity index (χ1) is 9.05. The standard InChI is InChI=1S/C12H12BrFN2O3/c13-4-6-3-12(5-15-11(18)16-12)9-8(19-6)2-1-7(14)10(9)17/h1-2,6,17H,3-5H2,(H2,15,16,18). The first kappa shape index (κ1) is 12.5. The van der Waals surface area contributed by atoms with Crippen LogP contribution in [-0.4, -0.2) is 29.1 Å². The van der Waals surface area contributed by atoms with Crippen LogP contribution in [-0.2, 0) is 5.54 Å². The van der Waals surface area contributed by atoms with Gasteiger partial charge in [0, 0.05) is 18.3 Å². The Morgan fingerprint density at radius 3 is 3.00 bits per heavy atom. The lowest BCUT2D eigenvalue weighted by molar-refractivity contribution is 0.135. The van der Waals surface area contributed by atoms with Crippen molar-refractivity contribution >= 4 is 22.0 Å². The lowest BCUT2D eigenvalue weighted by Crippen LogP contribution is -2.48. The highest BCUT2D eigenvalue weighted by atomic mass is 79.9. The molecule has 2 atom stereocenters. The lowest BCUT2D eigenvalue weighted by atomic mass is 9.82. The van der Waals surface area contributed by atoms with E-state index in [4.69, 9.17) is 4.74 Å². The smallest absolute Gasteiger partial charge is 0.315 e. The van der Waals surface area contributed by atoms with Crippen LogP contribution >= 0.6 is 15.9 Å². The average molecular weight is 331 g/mol. The molecule has 0 radical (unpaired) electrons. The number of alkyl halides is 1. The second-order valence-electron chi connectivity index (χ2n) is 4.76. The van der Waals surface area contributed by atoms with Gasteiger partial charge < -0.3 is 20.5 Å². The van der Waals surface area contributed by atoms with E-state index in [0.717, 1.165) is 6.07 Å². The Balaban J connectivity index is 2.16. The lowest BCUT2D eigenvalue weighted by Gasteiger charge is -2.38. The zero-order chi connectivity index (χ0) is 13.6. The van der Waals surface area contributed by atoms with Gasteiger partial charge in [-0.1, -0.05) is 15.9 Å². The van der Waals surface area contributed by atoms with Crippen LogP contribution in [0.25, 0.3) is 0 Å². The maximum atomic E-state index is 13.6. The van der Waals surface area contributed by atoms with Crippen LogP contribution in [0.1, 0.15) is 12.0 Å². The summed E-state index contributed by atoms with van der Waals surface area (Å²) in [6.45, 7) is 0.294. The van der Waals surface area contributed by atoms with Crippen molar-refractivity contribution in [1.29, 1.82) is 0 Å². The molecular formula is C12H12BrFN2O3. The van der Waals surface area contributed by atoms with Crippen LogP contribution < -0.4 is 15.4 Å². The number of ether oxygens (including phenoxy) is 1. The average Bonchev–Trinajstić information content (AvgIpc) is 2.75. The van der Waals surface area contributed by atoms with E-state index in [1.807, 2.05) is 0 Å². The van der Waals surface area contributed by atoms with Crippen LogP contribution in [0.5, 0.6) is 11.5 Å². The quantitative estimate of drug-likeness (QED) is 0.685. The molecule has 0 saturated carbocycles. The fourth-order valence-electron chi connectivity index (χ4n) is 2.72. The van der Waals surface area contributed by atoms with Crippen LogP contribution in [0.3, 0.4) is 0 Å². The minimum atomic E-state index is -0.824. The van der Waals surface area contributed by atoms with Crippen LogP contribution in [0, 0.1) is 5.82 Å².